The van der Waals surface area contributed by atoms with Gasteiger partial charge < -0.3 is 9.74 Å². The number of pyridine rings is 2. The first-order valence-corrected chi connectivity index (χ1v) is 12.4. The molecule has 0 N–H and O–H groups in total. The van der Waals surface area contributed by atoms with Crippen LogP contribution in [0.3, 0.4) is 0 Å². The Hall–Kier alpha value is -3.87. The number of aromatic nitrogens is 4. The van der Waals surface area contributed by atoms with E-state index in [2.05, 4.69) is 31.1 Å². The molecule has 1 aliphatic rings. The van der Waals surface area contributed by atoms with E-state index in [1.54, 1.807) is 32.2 Å². The van der Waals surface area contributed by atoms with Gasteiger partial charge in [-0.2, -0.15) is 14.6 Å². The molecule has 1 saturated carbocycles. The number of fused-ring (bicyclic) bond motifs is 1. The Bertz CT molecular complexity index is 1370. The SMILES string of the molecule is CN(c1nc(=O)n(C)c2ccc(C#N)nc12)C1CCCCC1.Cc1nc(F)ccc1/C=N\OC(C)(C)C. The second kappa shape index (κ2) is 11.9. The number of nitriles is 1. The van der Waals surface area contributed by atoms with Gasteiger partial charge >= 0.3 is 5.69 Å². The molecule has 0 atom stereocenters. The maximum atomic E-state index is 12.7. The summed E-state index contributed by atoms with van der Waals surface area (Å²) in [5.74, 6) is 0.100. The highest BCUT2D eigenvalue weighted by Gasteiger charge is 2.22. The van der Waals surface area contributed by atoms with Gasteiger partial charge in [-0.1, -0.05) is 24.4 Å². The van der Waals surface area contributed by atoms with Gasteiger partial charge in [0.15, 0.2) is 5.82 Å². The van der Waals surface area contributed by atoms with Crippen molar-refractivity contribution in [2.45, 2.75) is 71.4 Å². The predicted molar refractivity (Wildman–Crippen MR) is 142 cm³/mol. The quantitative estimate of drug-likeness (QED) is 0.287. The highest BCUT2D eigenvalue weighted by atomic mass is 19.1. The third-order valence-electron chi connectivity index (χ3n) is 6.12. The van der Waals surface area contributed by atoms with Crippen LogP contribution in [0.5, 0.6) is 0 Å². The van der Waals surface area contributed by atoms with Crippen molar-refractivity contribution in [3.05, 3.63) is 57.6 Å². The molecule has 0 aromatic carbocycles. The minimum atomic E-state index is -0.485. The van der Waals surface area contributed by atoms with Gasteiger partial charge in [-0.15, -0.1) is 0 Å². The Morgan fingerprint density at radius 1 is 1.16 bits per heavy atom. The second-order valence-electron chi connectivity index (χ2n) is 10.1. The predicted octanol–water partition coefficient (Wildman–Crippen LogP) is 4.65. The Balaban J connectivity index is 0.000000222. The third-order valence-corrected chi connectivity index (χ3v) is 6.12. The molecule has 196 valence electrons. The van der Waals surface area contributed by atoms with E-state index in [9.17, 15) is 9.18 Å². The van der Waals surface area contributed by atoms with Crippen LogP contribution in [0, 0.1) is 24.2 Å². The zero-order valence-corrected chi connectivity index (χ0v) is 22.3. The van der Waals surface area contributed by atoms with Crippen molar-refractivity contribution in [2.24, 2.45) is 12.2 Å². The number of hydrogen-bond acceptors (Lipinski definition) is 8. The first-order chi connectivity index (χ1) is 17.5. The molecule has 0 unspecified atom stereocenters. The highest BCUT2D eigenvalue weighted by Crippen LogP contribution is 2.28. The lowest BCUT2D eigenvalue weighted by Gasteiger charge is -2.32. The van der Waals surface area contributed by atoms with Crippen molar-refractivity contribution < 1.29 is 9.23 Å². The fourth-order valence-corrected chi connectivity index (χ4v) is 4.08. The van der Waals surface area contributed by atoms with Gasteiger partial charge in [-0.25, -0.2) is 14.8 Å². The van der Waals surface area contributed by atoms with Crippen molar-refractivity contribution in [2.75, 3.05) is 11.9 Å². The van der Waals surface area contributed by atoms with Crippen molar-refractivity contribution in [1.82, 2.24) is 19.5 Å². The van der Waals surface area contributed by atoms with Gasteiger partial charge in [0.2, 0.25) is 5.95 Å². The molecule has 0 radical (unpaired) electrons. The monoisotopic (exact) mass is 507 g/mol. The first kappa shape index (κ1) is 27.7. The van der Waals surface area contributed by atoms with Crippen molar-refractivity contribution in [3.63, 3.8) is 0 Å². The topological polar surface area (TPSA) is 109 Å². The van der Waals surface area contributed by atoms with Gasteiger partial charge in [0.1, 0.15) is 22.9 Å². The molecule has 3 aromatic rings. The molecule has 3 heterocycles. The summed E-state index contributed by atoms with van der Waals surface area (Å²) in [4.78, 5) is 31.6. The highest BCUT2D eigenvalue weighted by molar-refractivity contribution is 5.86. The van der Waals surface area contributed by atoms with Crippen LogP contribution in [0.25, 0.3) is 11.0 Å². The molecule has 0 aliphatic heterocycles. The van der Waals surface area contributed by atoms with E-state index < -0.39 is 5.95 Å². The van der Waals surface area contributed by atoms with Crippen LogP contribution in [0.15, 0.2) is 34.2 Å². The molecule has 0 amide bonds. The number of halogens is 1. The van der Waals surface area contributed by atoms with Crippen LogP contribution in [0.1, 0.15) is 69.8 Å². The summed E-state index contributed by atoms with van der Waals surface area (Å²) in [6.45, 7) is 7.43. The zero-order chi connectivity index (χ0) is 27.2. The van der Waals surface area contributed by atoms with Gasteiger partial charge in [0.05, 0.1) is 11.7 Å². The van der Waals surface area contributed by atoms with Gasteiger partial charge in [-0.3, -0.25) is 4.57 Å². The van der Waals surface area contributed by atoms with Crippen LogP contribution in [0.2, 0.25) is 0 Å². The third kappa shape index (κ3) is 7.32. The Morgan fingerprint density at radius 3 is 2.49 bits per heavy atom. The number of aryl methyl sites for hydroxylation is 2. The molecule has 0 bridgehead atoms. The van der Waals surface area contributed by atoms with Crippen LogP contribution < -0.4 is 10.6 Å². The normalized spacial score (nSPS) is 14.2. The Labute approximate surface area is 216 Å². The standard InChI is InChI=1S/C16H19N5O.C11H15FN2O/c1-20(12-6-4-3-5-7-12)15-14-13(21(2)16(22)19-15)9-8-11(10-17)18-14;1-8-9(5-6-10(12)14-8)7-13-15-11(2,3)4/h8-9,12H,3-7H2,1-2H3;5-7H,1-4H3/b;13-7-. The minimum Gasteiger partial charge on any atom is -0.390 e. The molecule has 9 nitrogen and oxygen atoms in total. The van der Waals surface area contributed by atoms with E-state index in [0.29, 0.717) is 34.3 Å². The lowest BCUT2D eigenvalue weighted by Crippen LogP contribution is -2.36. The average Bonchev–Trinajstić information content (AvgIpc) is 2.87. The van der Waals surface area contributed by atoms with E-state index in [-0.39, 0.29) is 11.3 Å². The Morgan fingerprint density at radius 2 is 1.86 bits per heavy atom. The number of oxime groups is 1. The fraction of sp³-hybridized carbons (Fsp3) is 0.481. The summed E-state index contributed by atoms with van der Waals surface area (Å²) in [6, 6.07) is 8.75. The second-order valence-corrected chi connectivity index (χ2v) is 10.1. The van der Waals surface area contributed by atoms with Crippen LogP contribution in [-0.4, -0.2) is 44.4 Å². The molecule has 1 fully saturated rings. The van der Waals surface area contributed by atoms with E-state index in [0.717, 1.165) is 18.4 Å². The number of hydrogen-bond donors (Lipinski definition) is 0. The maximum absolute atomic E-state index is 12.7. The molecule has 0 spiro atoms. The Kier molecular flexibility index (Phi) is 8.92. The largest absolute Gasteiger partial charge is 0.390 e. The molecule has 3 aromatic heterocycles. The van der Waals surface area contributed by atoms with Gasteiger partial charge in [0.25, 0.3) is 0 Å². The van der Waals surface area contributed by atoms with E-state index in [1.807, 2.05) is 27.8 Å². The molecular weight excluding hydrogens is 473 g/mol. The number of rotatable bonds is 4. The van der Waals surface area contributed by atoms with Gasteiger partial charge in [-0.05, 0) is 64.8 Å². The van der Waals surface area contributed by atoms with E-state index >= 15 is 0 Å². The number of anilines is 1. The lowest BCUT2D eigenvalue weighted by molar-refractivity contribution is 0.00198. The summed E-state index contributed by atoms with van der Waals surface area (Å²) >= 11 is 0. The first-order valence-electron chi connectivity index (χ1n) is 12.4. The maximum Gasteiger partial charge on any atom is 0.349 e. The van der Waals surface area contributed by atoms with Crippen molar-refractivity contribution in [3.8, 4) is 6.07 Å². The molecule has 0 saturated heterocycles. The summed E-state index contributed by atoms with van der Waals surface area (Å²) < 4.78 is 14.1. The molecule has 1 aliphatic carbocycles. The zero-order valence-electron chi connectivity index (χ0n) is 22.3. The fourth-order valence-electron chi connectivity index (χ4n) is 4.08. The minimum absolute atomic E-state index is 0.295. The summed E-state index contributed by atoms with van der Waals surface area (Å²) in [5, 5.41) is 12.9. The lowest BCUT2D eigenvalue weighted by atomic mass is 9.94. The smallest absolute Gasteiger partial charge is 0.349 e. The molecule has 4 rings (SSSR count). The summed E-state index contributed by atoms with van der Waals surface area (Å²) in [6.07, 6.45) is 7.42. The number of nitrogens with zero attached hydrogens (tertiary/aromatic N) is 7. The van der Waals surface area contributed by atoms with Crippen molar-refractivity contribution in [1.29, 1.82) is 5.26 Å². The van der Waals surface area contributed by atoms with E-state index in [4.69, 9.17) is 10.1 Å². The van der Waals surface area contributed by atoms with Crippen LogP contribution in [0.4, 0.5) is 10.2 Å². The average molecular weight is 508 g/mol. The molecule has 37 heavy (non-hydrogen) atoms. The molecule has 10 heteroatoms. The van der Waals surface area contributed by atoms with Crippen molar-refractivity contribution >= 4 is 23.1 Å². The molecular formula is C27H34FN7O2. The summed E-state index contributed by atoms with van der Waals surface area (Å²) in [5.41, 5.74) is 2.39. The van der Waals surface area contributed by atoms with Gasteiger partial charge in [0, 0.05) is 31.4 Å². The van der Waals surface area contributed by atoms with Crippen LogP contribution >= 0.6 is 0 Å². The summed E-state index contributed by atoms with van der Waals surface area (Å²) in [7, 11) is 3.65. The van der Waals surface area contributed by atoms with E-state index in [1.165, 1.54) is 36.1 Å². The van der Waals surface area contributed by atoms with Crippen LogP contribution in [-0.2, 0) is 11.9 Å².